The first kappa shape index (κ1) is 18.7. The summed E-state index contributed by atoms with van der Waals surface area (Å²) in [4.78, 5) is 14.2. The molecule has 0 fully saturated rings. The number of nitrogens with zero attached hydrogens (tertiary/aromatic N) is 1. The van der Waals surface area contributed by atoms with Gasteiger partial charge in [-0.1, -0.05) is 12.1 Å². The SMILES string of the molecule is CN1C(=O)C(C)(C)COc2ccc(NS(=O)(=O)c3ccccc3Br)cc21. The summed E-state index contributed by atoms with van der Waals surface area (Å²) in [6.07, 6.45) is 0. The Morgan fingerprint density at radius 1 is 1.19 bits per heavy atom. The van der Waals surface area contributed by atoms with E-state index in [2.05, 4.69) is 20.7 Å². The van der Waals surface area contributed by atoms with E-state index in [1.165, 1.54) is 11.0 Å². The van der Waals surface area contributed by atoms with E-state index in [-0.39, 0.29) is 17.4 Å². The molecule has 0 saturated heterocycles. The minimum atomic E-state index is -3.77. The van der Waals surface area contributed by atoms with Gasteiger partial charge in [-0.25, -0.2) is 8.42 Å². The van der Waals surface area contributed by atoms with Crippen molar-refractivity contribution < 1.29 is 17.9 Å². The van der Waals surface area contributed by atoms with E-state index < -0.39 is 15.4 Å². The molecule has 0 radical (unpaired) electrons. The van der Waals surface area contributed by atoms with Crippen LogP contribution in [0.4, 0.5) is 11.4 Å². The summed E-state index contributed by atoms with van der Waals surface area (Å²) in [6.45, 7) is 3.88. The molecule has 138 valence electrons. The van der Waals surface area contributed by atoms with Crippen LogP contribution in [0.3, 0.4) is 0 Å². The van der Waals surface area contributed by atoms with Crippen LogP contribution in [0.2, 0.25) is 0 Å². The first-order valence-electron chi connectivity index (χ1n) is 7.94. The number of nitrogens with one attached hydrogen (secondary N) is 1. The lowest BCUT2D eigenvalue weighted by Crippen LogP contribution is -2.39. The first-order chi connectivity index (χ1) is 12.1. The van der Waals surface area contributed by atoms with E-state index in [1.54, 1.807) is 43.4 Å². The topological polar surface area (TPSA) is 75.7 Å². The molecule has 0 saturated carbocycles. The smallest absolute Gasteiger partial charge is 0.263 e. The maximum Gasteiger partial charge on any atom is 0.263 e. The Morgan fingerprint density at radius 3 is 2.58 bits per heavy atom. The fourth-order valence-corrected chi connectivity index (χ4v) is 4.77. The standard InChI is InChI=1S/C18H19BrN2O4S/c1-18(2)11-25-15-9-8-12(10-14(15)21(3)17(18)22)20-26(23,24)16-7-5-4-6-13(16)19/h4-10,20H,11H2,1-3H3. The van der Waals surface area contributed by atoms with Crippen LogP contribution in [0.25, 0.3) is 0 Å². The first-order valence-corrected chi connectivity index (χ1v) is 10.2. The Bertz CT molecular complexity index is 973. The van der Waals surface area contributed by atoms with Crippen molar-refractivity contribution in [2.75, 3.05) is 23.3 Å². The third-order valence-corrected chi connectivity index (χ3v) is 6.56. The highest BCUT2D eigenvalue weighted by atomic mass is 79.9. The van der Waals surface area contributed by atoms with E-state index >= 15 is 0 Å². The molecule has 2 aromatic carbocycles. The molecule has 0 atom stereocenters. The highest BCUT2D eigenvalue weighted by Crippen LogP contribution is 2.38. The third kappa shape index (κ3) is 3.43. The molecule has 0 aliphatic carbocycles. The number of amides is 1. The number of rotatable bonds is 3. The lowest BCUT2D eigenvalue weighted by atomic mass is 9.93. The minimum Gasteiger partial charge on any atom is -0.490 e. The number of carbonyl (C=O) groups excluding carboxylic acids is 1. The number of anilines is 2. The summed E-state index contributed by atoms with van der Waals surface area (Å²) < 4.78 is 34.1. The predicted molar refractivity (Wildman–Crippen MR) is 104 cm³/mol. The van der Waals surface area contributed by atoms with Gasteiger partial charge in [-0.05, 0) is 60.1 Å². The third-order valence-electron chi connectivity index (χ3n) is 4.17. The van der Waals surface area contributed by atoms with Crippen LogP contribution in [-0.2, 0) is 14.8 Å². The van der Waals surface area contributed by atoms with Gasteiger partial charge in [-0.15, -0.1) is 0 Å². The van der Waals surface area contributed by atoms with Crippen LogP contribution in [0.1, 0.15) is 13.8 Å². The zero-order valence-electron chi connectivity index (χ0n) is 14.6. The Balaban J connectivity index is 1.97. The van der Waals surface area contributed by atoms with Gasteiger partial charge >= 0.3 is 0 Å². The molecule has 8 heteroatoms. The van der Waals surface area contributed by atoms with Crippen molar-refractivity contribution in [1.29, 1.82) is 0 Å². The van der Waals surface area contributed by atoms with Gasteiger partial charge in [0.25, 0.3) is 10.0 Å². The number of halogens is 1. The fraction of sp³-hybridized carbons (Fsp3) is 0.278. The molecule has 3 rings (SSSR count). The Hall–Kier alpha value is -2.06. The van der Waals surface area contributed by atoms with Crippen LogP contribution >= 0.6 is 15.9 Å². The van der Waals surface area contributed by atoms with Gasteiger partial charge in [0, 0.05) is 11.5 Å². The lowest BCUT2D eigenvalue weighted by molar-refractivity contribution is -0.127. The summed E-state index contributed by atoms with van der Waals surface area (Å²) in [5.74, 6) is 0.442. The van der Waals surface area contributed by atoms with E-state index in [4.69, 9.17) is 4.74 Å². The highest BCUT2D eigenvalue weighted by Gasteiger charge is 2.36. The average Bonchev–Trinajstić information content (AvgIpc) is 2.66. The van der Waals surface area contributed by atoms with Crippen molar-refractivity contribution in [3.8, 4) is 5.75 Å². The molecule has 1 aliphatic rings. The van der Waals surface area contributed by atoms with Crippen molar-refractivity contribution in [2.24, 2.45) is 5.41 Å². The van der Waals surface area contributed by atoms with Crippen LogP contribution in [0.5, 0.6) is 5.75 Å². The van der Waals surface area contributed by atoms with Crippen molar-refractivity contribution in [2.45, 2.75) is 18.7 Å². The molecule has 6 nitrogen and oxygen atoms in total. The Kier molecular flexibility index (Phi) is 4.74. The van der Waals surface area contributed by atoms with Gasteiger partial charge in [0.2, 0.25) is 5.91 Å². The van der Waals surface area contributed by atoms with E-state index in [0.29, 0.717) is 21.6 Å². The van der Waals surface area contributed by atoms with Crippen molar-refractivity contribution in [3.63, 3.8) is 0 Å². The van der Waals surface area contributed by atoms with E-state index in [1.807, 2.05) is 13.8 Å². The second-order valence-corrected chi connectivity index (χ2v) is 9.26. The van der Waals surface area contributed by atoms with Gasteiger partial charge in [-0.3, -0.25) is 9.52 Å². The highest BCUT2D eigenvalue weighted by molar-refractivity contribution is 9.10. The largest absolute Gasteiger partial charge is 0.490 e. The molecule has 0 unspecified atom stereocenters. The van der Waals surface area contributed by atoms with Gasteiger partial charge < -0.3 is 9.64 Å². The summed E-state index contributed by atoms with van der Waals surface area (Å²) in [5.41, 5.74) is 0.206. The van der Waals surface area contributed by atoms with Crippen molar-refractivity contribution in [1.82, 2.24) is 0 Å². The van der Waals surface area contributed by atoms with E-state index in [9.17, 15) is 13.2 Å². The second-order valence-electron chi connectivity index (χ2n) is 6.76. The number of carbonyl (C=O) groups is 1. The van der Waals surface area contributed by atoms with Gasteiger partial charge in [-0.2, -0.15) is 0 Å². The second kappa shape index (κ2) is 6.59. The molecule has 1 aliphatic heterocycles. The molecule has 0 spiro atoms. The normalized spacial score (nSPS) is 16.5. The van der Waals surface area contributed by atoms with Gasteiger partial charge in [0.15, 0.2) is 0 Å². The van der Waals surface area contributed by atoms with Crippen molar-refractivity contribution >= 4 is 43.2 Å². The molecule has 1 heterocycles. The van der Waals surface area contributed by atoms with Crippen LogP contribution in [-0.4, -0.2) is 28.0 Å². The predicted octanol–water partition coefficient (Wildman–Crippen LogP) is 3.63. The molecular formula is C18H19BrN2O4S. The molecule has 0 bridgehead atoms. The van der Waals surface area contributed by atoms with E-state index in [0.717, 1.165) is 0 Å². The summed E-state index contributed by atoms with van der Waals surface area (Å²) in [7, 11) is -2.12. The lowest BCUT2D eigenvalue weighted by Gasteiger charge is -2.24. The Morgan fingerprint density at radius 2 is 1.88 bits per heavy atom. The van der Waals surface area contributed by atoms with Crippen LogP contribution < -0.4 is 14.4 Å². The number of hydrogen-bond donors (Lipinski definition) is 1. The molecule has 1 amide bonds. The minimum absolute atomic E-state index is 0.0953. The number of sulfonamides is 1. The summed E-state index contributed by atoms with van der Waals surface area (Å²) in [5, 5.41) is 0. The maximum absolute atomic E-state index is 12.7. The quantitative estimate of drug-likeness (QED) is 0.793. The Labute approximate surface area is 161 Å². The average molecular weight is 439 g/mol. The van der Waals surface area contributed by atoms with Crippen LogP contribution in [0, 0.1) is 5.41 Å². The maximum atomic E-state index is 12.7. The molecule has 2 aromatic rings. The molecule has 0 aromatic heterocycles. The summed E-state index contributed by atoms with van der Waals surface area (Å²) >= 11 is 3.25. The number of benzene rings is 2. The van der Waals surface area contributed by atoms with Gasteiger partial charge in [0.05, 0.1) is 16.8 Å². The zero-order valence-corrected chi connectivity index (χ0v) is 17.0. The van der Waals surface area contributed by atoms with Crippen LogP contribution in [0.15, 0.2) is 51.8 Å². The molecule has 1 N–H and O–H groups in total. The van der Waals surface area contributed by atoms with Crippen molar-refractivity contribution in [3.05, 3.63) is 46.9 Å². The summed E-state index contributed by atoms with van der Waals surface area (Å²) in [6, 6.07) is 11.4. The number of fused-ring (bicyclic) bond motifs is 1. The fourth-order valence-electron chi connectivity index (χ4n) is 2.72. The number of ether oxygens (including phenoxy) is 1. The molecular weight excluding hydrogens is 420 g/mol. The van der Waals surface area contributed by atoms with Gasteiger partial charge in [0.1, 0.15) is 17.3 Å². The monoisotopic (exact) mass is 438 g/mol. The number of hydrogen-bond acceptors (Lipinski definition) is 4. The zero-order chi connectivity index (χ0) is 19.1. The molecule has 26 heavy (non-hydrogen) atoms.